The highest BCUT2D eigenvalue weighted by Crippen LogP contribution is 2.13. The van der Waals surface area contributed by atoms with Crippen LogP contribution in [-0.4, -0.2) is 32.3 Å². The highest BCUT2D eigenvalue weighted by Gasteiger charge is 2.20. The van der Waals surface area contributed by atoms with Gasteiger partial charge in [0.25, 0.3) is 5.56 Å². The number of nitrogens with zero attached hydrogens (tertiary/aromatic N) is 4. The van der Waals surface area contributed by atoms with Gasteiger partial charge in [-0.25, -0.2) is 9.78 Å². The molecule has 22 heavy (non-hydrogen) atoms. The molecule has 8 nitrogen and oxygen atoms in total. The van der Waals surface area contributed by atoms with E-state index in [4.69, 9.17) is 10.5 Å². The lowest BCUT2D eigenvalue weighted by atomic mass is 10.4. The van der Waals surface area contributed by atoms with Crippen molar-refractivity contribution in [3.8, 4) is 0 Å². The van der Waals surface area contributed by atoms with Crippen LogP contribution in [0.2, 0.25) is 0 Å². The maximum Gasteiger partial charge on any atom is 0.332 e. The Hall–Kier alpha value is -1.93. The van der Waals surface area contributed by atoms with Crippen LogP contribution in [-0.2, 0) is 31.0 Å². The second-order valence-corrected chi connectivity index (χ2v) is 5.06. The number of aryl methyl sites for hydroxylation is 1. The van der Waals surface area contributed by atoms with Crippen molar-refractivity contribution in [2.75, 3.05) is 13.7 Å². The van der Waals surface area contributed by atoms with Crippen LogP contribution in [0.1, 0.15) is 26.1 Å². The molecule has 0 saturated heterocycles. The zero-order chi connectivity index (χ0) is 16.3. The van der Waals surface area contributed by atoms with Gasteiger partial charge in [-0.3, -0.25) is 13.9 Å². The minimum absolute atomic E-state index is 0.264. The Labute approximate surface area is 128 Å². The predicted molar refractivity (Wildman–Crippen MR) is 84.0 cm³/mol. The number of fused-ring (bicyclic) bond motifs is 1. The van der Waals surface area contributed by atoms with Gasteiger partial charge < -0.3 is 15.0 Å². The third-order valence-electron chi connectivity index (χ3n) is 3.58. The number of ether oxygens (including phenoxy) is 1. The van der Waals surface area contributed by atoms with Crippen LogP contribution in [0.5, 0.6) is 0 Å². The molecule has 0 aliphatic heterocycles. The fourth-order valence-corrected chi connectivity index (χ4v) is 2.65. The van der Waals surface area contributed by atoms with E-state index < -0.39 is 0 Å². The molecule has 0 radical (unpaired) electrons. The Balaban J connectivity index is 2.92. The molecule has 2 aromatic rings. The van der Waals surface area contributed by atoms with E-state index in [9.17, 15) is 9.59 Å². The standard InChI is InChI=1S/C14H23N5O3/c1-4-7-19-12-11(13(20)17(5-2)14(19)21)18(8-6-15)10(16-12)9-22-3/h4-9,15H2,1-3H3. The Morgan fingerprint density at radius 3 is 2.41 bits per heavy atom. The molecule has 0 aromatic carbocycles. The van der Waals surface area contributed by atoms with E-state index in [1.54, 1.807) is 23.2 Å². The van der Waals surface area contributed by atoms with Gasteiger partial charge >= 0.3 is 5.69 Å². The van der Waals surface area contributed by atoms with Gasteiger partial charge in [-0.1, -0.05) is 6.92 Å². The minimum Gasteiger partial charge on any atom is -0.377 e. The molecule has 0 aliphatic rings. The summed E-state index contributed by atoms with van der Waals surface area (Å²) in [6.45, 7) is 5.70. The van der Waals surface area contributed by atoms with E-state index in [0.29, 0.717) is 43.2 Å². The number of hydrogen-bond acceptors (Lipinski definition) is 5. The van der Waals surface area contributed by atoms with Crippen molar-refractivity contribution in [3.05, 3.63) is 26.7 Å². The van der Waals surface area contributed by atoms with Crippen molar-refractivity contribution < 1.29 is 4.74 Å². The zero-order valence-corrected chi connectivity index (χ0v) is 13.3. The van der Waals surface area contributed by atoms with Gasteiger partial charge in [0, 0.05) is 33.3 Å². The number of aromatic nitrogens is 4. The molecule has 0 aliphatic carbocycles. The molecule has 0 atom stereocenters. The summed E-state index contributed by atoms with van der Waals surface area (Å²) in [6.07, 6.45) is 0.778. The SMILES string of the molecule is CCCn1c(=O)n(CC)c(=O)c2c1nc(COC)n2CCN. The van der Waals surface area contributed by atoms with Gasteiger partial charge in [-0.15, -0.1) is 0 Å². The molecular weight excluding hydrogens is 286 g/mol. The molecule has 2 aromatic heterocycles. The fourth-order valence-electron chi connectivity index (χ4n) is 2.65. The van der Waals surface area contributed by atoms with E-state index in [1.165, 1.54) is 4.57 Å². The van der Waals surface area contributed by atoms with Crippen LogP contribution < -0.4 is 17.0 Å². The lowest BCUT2D eigenvalue weighted by Crippen LogP contribution is -2.40. The van der Waals surface area contributed by atoms with Crippen molar-refractivity contribution >= 4 is 11.2 Å². The van der Waals surface area contributed by atoms with Crippen molar-refractivity contribution in [1.82, 2.24) is 18.7 Å². The monoisotopic (exact) mass is 309 g/mol. The maximum absolute atomic E-state index is 12.7. The molecule has 8 heteroatoms. The largest absolute Gasteiger partial charge is 0.377 e. The van der Waals surface area contributed by atoms with Gasteiger partial charge in [0.2, 0.25) is 0 Å². The van der Waals surface area contributed by atoms with Gasteiger partial charge in [0.1, 0.15) is 12.4 Å². The Bertz CT molecular complexity index is 771. The van der Waals surface area contributed by atoms with Crippen molar-refractivity contribution in [3.63, 3.8) is 0 Å². The van der Waals surface area contributed by atoms with Crippen LogP contribution in [0.25, 0.3) is 11.2 Å². The van der Waals surface area contributed by atoms with E-state index >= 15 is 0 Å². The number of nitrogens with two attached hydrogens (primary N) is 1. The third-order valence-corrected chi connectivity index (χ3v) is 3.58. The summed E-state index contributed by atoms with van der Waals surface area (Å²) in [7, 11) is 1.57. The van der Waals surface area contributed by atoms with E-state index in [2.05, 4.69) is 4.98 Å². The first-order chi connectivity index (χ1) is 10.6. The average molecular weight is 309 g/mol. The summed E-state index contributed by atoms with van der Waals surface area (Å²) in [5.74, 6) is 0.609. The third kappa shape index (κ3) is 2.59. The van der Waals surface area contributed by atoms with Gasteiger partial charge in [-0.05, 0) is 13.3 Å². The first kappa shape index (κ1) is 16.4. The highest BCUT2D eigenvalue weighted by molar-refractivity contribution is 5.71. The molecule has 0 amide bonds. The second kappa shape index (κ2) is 6.89. The molecule has 0 unspecified atom stereocenters. The summed E-state index contributed by atoms with van der Waals surface area (Å²) >= 11 is 0. The summed E-state index contributed by atoms with van der Waals surface area (Å²) < 4.78 is 9.71. The average Bonchev–Trinajstić information content (AvgIpc) is 2.84. The smallest absolute Gasteiger partial charge is 0.332 e. The molecule has 0 bridgehead atoms. The summed E-state index contributed by atoms with van der Waals surface area (Å²) in [6, 6.07) is 0. The predicted octanol–water partition coefficient (Wildman–Crippen LogP) is -0.105. The summed E-state index contributed by atoms with van der Waals surface area (Å²) in [5, 5.41) is 0. The Morgan fingerprint density at radius 2 is 1.86 bits per heavy atom. The van der Waals surface area contributed by atoms with Crippen LogP contribution in [0, 0.1) is 0 Å². The van der Waals surface area contributed by atoms with E-state index in [0.717, 1.165) is 6.42 Å². The number of hydrogen-bond donors (Lipinski definition) is 1. The van der Waals surface area contributed by atoms with Gasteiger partial charge in [-0.2, -0.15) is 0 Å². The van der Waals surface area contributed by atoms with E-state index in [1.807, 2.05) is 6.92 Å². The van der Waals surface area contributed by atoms with Crippen LogP contribution in [0.15, 0.2) is 9.59 Å². The molecule has 0 spiro atoms. The fraction of sp³-hybridized carbons (Fsp3) is 0.643. The van der Waals surface area contributed by atoms with Crippen molar-refractivity contribution in [2.45, 2.75) is 46.5 Å². The van der Waals surface area contributed by atoms with Crippen LogP contribution >= 0.6 is 0 Å². The Morgan fingerprint density at radius 1 is 1.14 bits per heavy atom. The normalized spacial score (nSPS) is 11.5. The highest BCUT2D eigenvalue weighted by atomic mass is 16.5. The molecule has 2 N–H and O–H groups in total. The first-order valence-electron chi connectivity index (χ1n) is 7.52. The van der Waals surface area contributed by atoms with E-state index in [-0.39, 0.29) is 17.9 Å². The summed E-state index contributed by atoms with van der Waals surface area (Å²) in [5.41, 5.74) is 5.86. The number of methoxy groups -OCH3 is 1. The molecule has 2 heterocycles. The minimum atomic E-state index is -0.321. The first-order valence-corrected chi connectivity index (χ1v) is 7.52. The van der Waals surface area contributed by atoms with Gasteiger partial charge in [0.05, 0.1) is 0 Å². The lowest BCUT2D eigenvalue weighted by Gasteiger charge is -2.10. The van der Waals surface area contributed by atoms with Crippen LogP contribution in [0.4, 0.5) is 0 Å². The molecule has 122 valence electrons. The maximum atomic E-state index is 12.7. The van der Waals surface area contributed by atoms with Gasteiger partial charge in [0.15, 0.2) is 11.2 Å². The molecular formula is C14H23N5O3. The number of imidazole rings is 1. The molecule has 0 fully saturated rings. The summed E-state index contributed by atoms with van der Waals surface area (Å²) in [4.78, 5) is 29.6. The van der Waals surface area contributed by atoms with Crippen molar-refractivity contribution in [1.29, 1.82) is 0 Å². The second-order valence-electron chi connectivity index (χ2n) is 5.06. The quantitative estimate of drug-likeness (QED) is 0.770. The topological polar surface area (TPSA) is 97.1 Å². The molecule has 0 saturated carbocycles. The zero-order valence-electron chi connectivity index (χ0n) is 13.3. The molecule has 2 rings (SSSR count). The lowest BCUT2D eigenvalue weighted by molar-refractivity contribution is 0.174. The van der Waals surface area contributed by atoms with Crippen LogP contribution in [0.3, 0.4) is 0 Å². The van der Waals surface area contributed by atoms with Crippen molar-refractivity contribution in [2.24, 2.45) is 5.73 Å². The number of rotatable bonds is 7. The Kier molecular flexibility index (Phi) is 5.15.